The minimum Gasteiger partial charge on any atom is -0.394 e. The molecule has 6 heteroatoms. The van der Waals surface area contributed by atoms with Crippen molar-refractivity contribution < 1.29 is 13.5 Å². The highest BCUT2D eigenvalue weighted by atomic mass is 32.2. The Morgan fingerprint density at radius 3 is 2.60 bits per heavy atom. The molecule has 0 aliphatic heterocycles. The van der Waals surface area contributed by atoms with Gasteiger partial charge in [0.25, 0.3) is 0 Å². The Morgan fingerprint density at radius 1 is 1.53 bits per heavy atom. The third-order valence-corrected chi connectivity index (χ3v) is 3.12. The molecule has 0 radical (unpaired) electrons. The van der Waals surface area contributed by atoms with Crippen LogP contribution < -0.4 is 5.73 Å². The van der Waals surface area contributed by atoms with Crippen LogP contribution in [0.3, 0.4) is 0 Å². The van der Waals surface area contributed by atoms with E-state index in [1.165, 1.54) is 6.20 Å². The minimum absolute atomic E-state index is 0.183. The molecule has 5 nitrogen and oxygen atoms in total. The number of nitrogens with two attached hydrogens (primary N) is 1. The van der Waals surface area contributed by atoms with Gasteiger partial charge in [-0.1, -0.05) is 6.07 Å². The second-order valence-corrected chi connectivity index (χ2v) is 4.61. The van der Waals surface area contributed by atoms with Crippen LogP contribution in [0.15, 0.2) is 18.3 Å². The van der Waals surface area contributed by atoms with E-state index in [2.05, 4.69) is 4.98 Å². The van der Waals surface area contributed by atoms with E-state index in [0.717, 1.165) is 0 Å². The van der Waals surface area contributed by atoms with Gasteiger partial charge < -0.3 is 10.8 Å². The van der Waals surface area contributed by atoms with Crippen molar-refractivity contribution in [1.29, 1.82) is 0 Å². The summed E-state index contributed by atoms with van der Waals surface area (Å²) < 4.78 is 21.4. The number of aliphatic hydroxyl groups is 1. The Bertz CT molecular complexity index is 381. The van der Waals surface area contributed by atoms with Crippen molar-refractivity contribution in [3.8, 4) is 0 Å². The SMILES string of the molecule is CC(c1ccc([C@@H](N)CO)nc1)[SH](=O)=O. The van der Waals surface area contributed by atoms with Crippen LogP contribution in [0.5, 0.6) is 0 Å². The van der Waals surface area contributed by atoms with Crippen molar-refractivity contribution in [2.24, 2.45) is 5.73 Å². The maximum atomic E-state index is 10.7. The van der Waals surface area contributed by atoms with E-state index in [-0.39, 0.29) is 6.61 Å². The van der Waals surface area contributed by atoms with Crippen molar-refractivity contribution in [2.75, 3.05) is 6.61 Å². The molecule has 0 aliphatic rings. The van der Waals surface area contributed by atoms with Gasteiger partial charge in [0, 0.05) is 6.20 Å². The zero-order valence-electron chi connectivity index (χ0n) is 8.33. The van der Waals surface area contributed by atoms with E-state index in [1.807, 2.05) is 0 Å². The number of hydrogen-bond donors (Lipinski definition) is 3. The van der Waals surface area contributed by atoms with E-state index in [4.69, 9.17) is 10.8 Å². The number of aliphatic hydroxyl groups excluding tert-OH is 1. The quantitative estimate of drug-likeness (QED) is 0.620. The maximum Gasteiger partial charge on any atom is 0.146 e. The lowest BCUT2D eigenvalue weighted by Crippen LogP contribution is -2.16. The fourth-order valence-electron chi connectivity index (χ4n) is 1.10. The first-order chi connectivity index (χ1) is 7.06. The van der Waals surface area contributed by atoms with Gasteiger partial charge in [-0.25, -0.2) is 8.42 Å². The molecule has 1 aromatic rings. The minimum atomic E-state index is -2.49. The van der Waals surface area contributed by atoms with Crippen molar-refractivity contribution in [2.45, 2.75) is 18.2 Å². The van der Waals surface area contributed by atoms with Gasteiger partial charge in [-0.2, -0.15) is 0 Å². The highest BCUT2D eigenvalue weighted by Crippen LogP contribution is 2.16. The van der Waals surface area contributed by atoms with Crippen LogP contribution in [0.2, 0.25) is 0 Å². The summed E-state index contributed by atoms with van der Waals surface area (Å²) in [6.07, 6.45) is 1.47. The maximum absolute atomic E-state index is 10.7. The van der Waals surface area contributed by atoms with Gasteiger partial charge in [-0.05, 0) is 18.6 Å². The average Bonchev–Trinajstić information content (AvgIpc) is 2.27. The van der Waals surface area contributed by atoms with Crippen LogP contribution in [0.4, 0.5) is 0 Å². The van der Waals surface area contributed by atoms with Crippen molar-refractivity contribution in [3.05, 3.63) is 29.6 Å². The highest BCUT2D eigenvalue weighted by Gasteiger charge is 2.10. The van der Waals surface area contributed by atoms with Gasteiger partial charge in [0.15, 0.2) is 0 Å². The van der Waals surface area contributed by atoms with E-state index < -0.39 is 22.0 Å². The van der Waals surface area contributed by atoms with Crippen LogP contribution in [0, 0.1) is 0 Å². The average molecular weight is 230 g/mol. The smallest absolute Gasteiger partial charge is 0.146 e. The highest BCUT2D eigenvalue weighted by molar-refractivity contribution is 7.72. The summed E-state index contributed by atoms with van der Waals surface area (Å²) in [5.41, 5.74) is 6.72. The molecule has 0 bridgehead atoms. The van der Waals surface area contributed by atoms with Crippen LogP contribution >= 0.6 is 0 Å². The molecule has 1 unspecified atom stereocenters. The number of aromatic nitrogens is 1. The fourth-order valence-corrected chi connectivity index (χ4v) is 1.49. The molecule has 0 saturated heterocycles. The van der Waals surface area contributed by atoms with Crippen LogP contribution in [-0.2, 0) is 10.7 Å². The van der Waals surface area contributed by atoms with Crippen LogP contribution in [0.1, 0.15) is 29.5 Å². The largest absolute Gasteiger partial charge is 0.394 e. The zero-order chi connectivity index (χ0) is 11.4. The Morgan fingerprint density at radius 2 is 2.20 bits per heavy atom. The molecule has 0 aromatic carbocycles. The Balaban J connectivity index is 2.90. The number of pyridine rings is 1. The second kappa shape index (κ2) is 5.20. The lowest BCUT2D eigenvalue weighted by molar-refractivity contribution is 0.266. The third kappa shape index (κ3) is 2.98. The normalized spacial score (nSPS) is 15.2. The van der Waals surface area contributed by atoms with E-state index >= 15 is 0 Å². The molecule has 1 rings (SSSR count). The Kier molecular flexibility index (Phi) is 4.19. The van der Waals surface area contributed by atoms with Gasteiger partial charge >= 0.3 is 0 Å². The van der Waals surface area contributed by atoms with Crippen molar-refractivity contribution in [3.63, 3.8) is 0 Å². The fraction of sp³-hybridized carbons (Fsp3) is 0.444. The van der Waals surface area contributed by atoms with Gasteiger partial charge in [-0.15, -0.1) is 0 Å². The Hall–Kier alpha value is -0.980. The predicted octanol–water partition coefficient (Wildman–Crippen LogP) is -0.254. The van der Waals surface area contributed by atoms with Crippen molar-refractivity contribution >= 4 is 10.7 Å². The molecular formula is C9H14N2O3S. The van der Waals surface area contributed by atoms with E-state index in [1.54, 1.807) is 19.1 Å². The van der Waals surface area contributed by atoms with Gasteiger partial charge in [-0.3, -0.25) is 4.98 Å². The number of thiol groups is 1. The Labute approximate surface area is 89.9 Å². The first-order valence-corrected chi connectivity index (χ1v) is 5.76. The second-order valence-electron chi connectivity index (χ2n) is 3.27. The first-order valence-electron chi connectivity index (χ1n) is 4.52. The molecular weight excluding hydrogens is 216 g/mol. The molecule has 0 amide bonds. The standard InChI is InChI=1S/C9H14N2O3S/c1-6(15(13)14)7-2-3-9(11-4-7)8(10)5-12/h2-4,6,8,12,15H,5,10H2,1H3/t6?,8-/m0/s1. The number of nitrogens with zero attached hydrogens (tertiary/aromatic N) is 1. The monoisotopic (exact) mass is 230 g/mol. The molecule has 2 atom stereocenters. The molecule has 3 N–H and O–H groups in total. The molecule has 0 saturated carbocycles. The lowest BCUT2D eigenvalue weighted by Gasteiger charge is -2.09. The van der Waals surface area contributed by atoms with Crippen LogP contribution in [0.25, 0.3) is 0 Å². The summed E-state index contributed by atoms with van der Waals surface area (Å²) in [5.74, 6) is 0. The summed E-state index contributed by atoms with van der Waals surface area (Å²) in [4.78, 5) is 4.00. The summed E-state index contributed by atoms with van der Waals surface area (Å²) in [6.45, 7) is 1.41. The molecule has 84 valence electrons. The molecule has 0 fully saturated rings. The van der Waals surface area contributed by atoms with Crippen molar-refractivity contribution in [1.82, 2.24) is 4.98 Å². The van der Waals surface area contributed by atoms with Gasteiger partial charge in [0.2, 0.25) is 0 Å². The van der Waals surface area contributed by atoms with Gasteiger partial charge in [0.1, 0.15) is 10.7 Å². The molecule has 0 aliphatic carbocycles. The number of hydrogen-bond acceptors (Lipinski definition) is 5. The zero-order valence-corrected chi connectivity index (χ0v) is 9.22. The molecule has 1 aromatic heterocycles. The predicted molar refractivity (Wildman–Crippen MR) is 57.0 cm³/mol. The summed E-state index contributed by atoms with van der Waals surface area (Å²) in [5, 5.41) is 8.24. The van der Waals surface area contributed by atoms with E-state index in [9.17, 15) is 8.42 Å². The molecule has 1 heterocycles. The topological polar surface area (TPSA) is 93.3 Å². The third-order valence-electron chi connectivity index (χ3n) is 2.18. The summed E-state index contributed by atoms with van der Waals surface area (Å²) in [6, 6.07) is 2.77. The van der Waals surface area contributed by atoms with Crippen LogP contribution in [-0.4, -0.2) is 25.1 Å². The van der Waals surface area contributed by atoms with E-state index in [0.29, 0.717) is 11.3 Å². The first kappa shape index (κ1) is 12.1. The van der Waals surface area contributed by atoms with Gasteiger partial charge in [0.05, 0.1) is 23.6 Å². The molecule has 15 heavy (non-hydrogen) atoms. The summed E-state index contributed by atoms with van der Waals surface area (Å²) in [7, 11) is -2.49. The molecule has 0 spiro atoms. The number of rotatable bonds is 4. The summed E-state index contributed by atoms with van der Waals surface area (Å²) >= 11 is 0. The lowest BCUT2D eigenvalue weighted by atomic mass is 10.1.